The van der Waals surface area contributed by atoms with Gasteiger partial charge < -0.3 is 0 Å². The lowest BCUT2D eigenvalue weighted by Gasteiger charge is -2.68. The molecule has 0 heterocycles. The number of ketones is 1. The lowest BCUT2D eigenvalue weighted by molar-refractivity contribution is -0.189. The fraction of sp³-hybridized carbons (Fsp3) is 0.786. The lowest BCUT2D eigenvalue weighted by atomic mass is 9.35. The van der Waals surface area contributed by atoms with E-state index in [9.17, 15) is 4.79 Å². The first kappa shape index (κ1) is 8.55. The van der Waals surface area contributed by atoms with Crippen LogP contribution in [-0.4, -0.2) is 5.78 Å². The third-order valence-corrected chi connectivity index (χ3v) is 6.91. The molecule has 0 aromatic rings. The van der Waals surface area contributed by atoms with Gasteiger partial charge in [-0.15, -0.1) is 0 Å². The van der Waals surface area contributed by atoms with Crippen molar-refractivity contribution in [1.29, 1.82) is 0 Å². The van der Waals surface area contributed by atoms with Crippen LogP contribution in [0.15, 0.2) is 12.2 Å². The summed E-state index contributed by atoms with van der Waals surface area (Å²) < 4.78 is 0. The highest BCUT2D eigenvalue weighted by atomic mass is 16.1. The third kappa shape index (κ3) is 0.569. The fourth-order valence-corrected chi connectivity index (χ4v) is 5.77. The van der Waals surface area contributed by atoms with Crippen molar-refractivity contribution in [1.82, 2.24) is 0 Å². The second-order valence-electron chi connectivity index (χ2n) is 6.71. The van der Waals surface area contributed by atoms with E-state index >= 15 is 0 Å². The molecule has 0 radical (unpaired) electrons. The first-order valence-electron chi connectivity index (χ1n) is 6.27. The first-order valence-corrected chi connectivity index (χ1v) is 6.27. The molecule has 1 heteroatoms. The summed E-state index contributed by atoms with van der Waals surface area (Å²) in [5, 5.41) is 0. The van der Waals surface area contributed by atoms with E-state index in [0.29, 0.717) is 27.9 Å². The minimum absolute atomic E-state index is 0.314. The van der Waals surface area contributed by atoms with Gasteiger partial charge in [-0.3, -0.25) is 4.79 Å². The van der Waals surface area contributed by atoms with E-state index in [0.717, 1.165) is 5.92 Å². The summed E-state index contributed by atoms with van der Waals surface area (Å²) in [5.74, 6) is 1.67. The number of fused-ring (bicyclic) bond motifs is 2. The first-order chi connectivity index (χ1) is 7.04. The van der Waals surface area contributed by atoms with Crippen LogP contribution in [0.25, 0.3) is 0 Å². The zero-order valence-corrected chi connectivity index (χ0v) is 9.55. The van der Waals surface area contributed by atoms with E-state index in [1.807, 2.05) is 6.08 Å². The van der Waals surface area contributed by atoms with Gasteiger partial charge >= 0.3 is 0 Å². The highest BCUT2D eigenvalue weighted by molar-refractivity contribution is 5.95. The minimum atomic E-state index is 0.314. The van der Waals surface area contributed by atoms with Crippen molar-refractivity contribution < 1.29 is 4.79 Å². The number of hydrogen-bond acceptors (Lipinski definition) is 1. The summed E-state index contributed by atoms with van der Waals surface area (Å²) in [6.07, 6.45) is 9.46. The van der Waals surface area contributed by atoms with E-state index < -0.39 is 0 Å². The van der Waals surface area contributed by atoms with Crippen molar-refractivity contribution in [3.8, 4) is 0 Å². The van der Waals surface area contributed by atoms with Gasteiger partial charge in [-0.05, 0) is 53.9 Å². The van der Waals surface area contributed by atoms with Crippen LogP contribution in [0.5, 0.6) is 0 Å². The summed E-state index contributed by atoms with van der Waals surface area (Å²) in [6.45, 7) is 4.85. The number of hydrogen-bond donors (Lipinski definition) is 0. The molecular weight excluding hydrogens is 184 g/mol. The fourth-order valence-electron chi connectivity index (χ4n) is 5.77. The summed E-state index contributed by atoms with van der Waals surface area (Å²) >= 11 is 0. The molecule has 3 fully saturated rings. The third-order valence-electron chi connectivity index (χ3n) is 6.91. The summed E-state index contributed by atoms with van der Waals surface area (Å²) in [4.78, 5) is 11.9. The number of allylic oxidation sites excluding steroid dienone is 2. The van der Waals surface area contributed by atoms with Gasteiger partial charge in [0.25, 0.3) is 0 Å². The normalized spacial score (nSPS) is 64.3. The molecule has 0 aromatic carbocycles. The molecule has 4 aliphatic rings. The van der Waals surface area contributed by atoms with Crippen LogP contribution in [0.2, 0.25) is 0 Å². The monoisotopic (exact) mass is 202 g/mol. The molecule has 0 amide bonds. The molecule has 2 bridgehead atoms. The van der Waals surface area contributed by atoms with Crippen LogP contribution in [0.1, 0.15) is 39.5 Å². The molecule has 0 aromatic heterocycles. The van der Waals surface area contributed by atoms with Crippen molar-refractivity contribution in [2.24, 2.45) is 28.1 Å². The van der Waals surface area contributed by atoms with Gasteiger partial charge in [0, 0.05) is 5.92 Å². The standard InChI is InChI=1S/C14H18O/c1-12-8-10-11(15)4-6-14(13(10,12)2)5-3-9(12)7-14/h4,6,9-10H,3,5,7-8H2,1-2H3/t9-,10-,12+,13+,14-/m1/s1. The van der Waals surface area contributed by atoms with E-state index in [-0.39, 0.29) is 0 Å². The smallest absolute Gasteiger partial charge is 0.159 e. The van der Waals surface area contributed by atoms with Crippen molar-refractivity contribution in [3.63, 3.8) is 0 Å². The maximum absolute atomic E-state index is 11.9. The van der Waals surface area contributed by atoms with E-state index in [4.69, 9.17) is 0 Å². The molecule has 4 rings (SSSR count). The SMILES string of the molecule is C[C@]12[C@@H]3C[C@@]1(C)[C@@H]1CC[C@@]2(C=CC3=O)C1. The predicted octanol–water partition coefficient (Wildman–Crippen LogP) is 2.96. The maximum Gasteiger partial charge on any atom is 0.159 e. The highest BCUT2D eigenvalue weighted by Crippen LogP contribution is 2.84. The molecule has 5 atom stereocenters. The van der Waals surface area contributed by atoms with Gasteiger partial charge in [0.2, 0.25) is 0 Å². The molecule has 0 N–H and O–H groups in total. The summed E-state index contributed by atoms with van der Waals surface area (Å²) in [5.41, 5.74) is 1.20. The van der Waals surface area contributed by atoms with Gasteiger partial charge in [-0.25, -0.2) is 0 Å². The van der Waals surface area contributed by atoms with Crippen molar-refractivity contribution in [2.45, 2.75) is 39.5 Å². The molecule has 0 unspecified atom stereocenters. The number of carbonyl (C=O) groups excluding carboxylic acids is 1. The summed E-state index contributed by atoms with van der Waals surface area (Å²) in [6, 6.07) is 0. The number of carbonyl (C=O) groups is 1. The van der Waals surface area contributed by atoms with Crippen LogP contribution in [0.4, 0.5) is 0 Å². The van der Waals surface area contributed by atoms with Gasteiger partial charge in [0.15, 0.2) is 5.78 Å². The Balaban J connectivity index is 1.99. The molecular formula is C14H18O. The van der Waals surface area contributed by atoms with Gasteiger partial charge in [0.05, 0.1) is 0 Å². The van der Waals surface area contributed by atoms with Crippen LogP contribution in [0, 0.1) is 28.1 Å². The molecule has 4 aliphatic carbocycles. The second kappa shape index (κ2) is 1.97. The van der Waals surface area contributed by atoms with Crippen LogP contribution >= 0.6 is 0 Å². The second-order valence-corrected chi connectivity index (χ2v) is 6.71. The Bertz CT molecular complexity index is 410. The Morgan fingerprint density at radius 2 is 2.13 bits per heavy atom. The highest BCUT2D eigenvalue weighted by Gasteiger charge is 2.79. The minimum Gasteiger partial charge on any atom is -0.295 e. The molecule has 0 saturated heterocycles. The Kier molecular flexibility index (Phi) is 1.12. The zero-order valence-electron chi connectivity index (χ0n) is 9.55. The van der Waals surface area contributed by atoms with Crippen molar-refractivity contribution in [3.05, 3.63) is 12.2 Å². The largest absolute Gasteiger partial charge is 0.295 e. The van der Waals surface area contributed by atoms with Crippen LogP contribution < -0.4 is 0 Å². The van der Waals surface area contributed by atoms with Crippen LogP contribution in [-0.2, 0) is 4.79 Å². The molecule has 80 valence electrons. The lowest BCUT2D eigenvalue weighted by Crippen LogP contribution is -2.64. The van der Waals surface area contributed by atoms with Gasteiger partial charge in [-0.2, -0.15) is 0 Å². The Labute approximate surface area is 90.9 Å². The molecule has 1 nitrogen and oxygen atoms in total. The topological polar surface area (TPSA) is 17.1 Å². The van der Waals surface area contributed by atoms with Gasteiger partial charge in [-0.1, -0.05) is 19.9 Å². The Morgan fingerprint density at radius 1 is 1.33 bits per heavy atom. The maximum atomic E-state index is 11.9. The Morgan fingerprint density at radius 3 is 2.93 bits per heavy atom. The van der Waals surface area contributed by atoms with E-state index in [1.165, 1.54) is 25.7 Å². The van der Waals surface area contributed by atoms with Crippen molar-refractivity contribution >= 4 is 5.78 Å². The number of rotatable bonds is 0. The molecule has 3 saturated carbocycles. The van der Waals surface area contributed by atoms with Crippen LogP contribution in [0.3, 0.4) is 0 Å². The average Bonchev–Trinajstić information content (AvgIpc) is 2.70. The van der Waals surface area contributed by atoms with Crippen molar-refractivity contribution in [2.75, 3.05) is 0 Å². The van der Waals surface area contributed by atoms with Gasteiger partial charge in [0.1, 0.15) is 0 Å². The summed E-state index contributed by atoms with van der Waals surface area (Å²) in [7, 11) is 0. The molecule has 0 aliphatic heterocycles. The van der Waals surface area contributed by atoms with E-state index in [2.05, 4.69) is 19.9 Å². The average molecular weight is 202 g/mol. The Hall–Kier alpha value is -0.590. The molecule has 1 spiro atoms. The quantitative estimate of drug-likeness (QED) is 0.590. The predicted molar refractivity (Wildman–Crippen MR) is 58.2 cm³/mol. The molecule has 15 heavy (non-hydrogen) atoms. The van der Waals surface area contributed by atoms with E-state index in [1.54, 1.807) is 0 Å². The zero-order chi connectivity index (χ0) is 10.5.